The lowest BCUT2D eigenvalue weighted by molar-refractivity contribution is -0.123. The van der Waals surface area contributed by atoms with Crippen LogP contribution in [0.3, 0.4) is 0 Å². The normalized spacial score (nSPS) is 10.4. The maximum Gasteiger partial charge on any atom is 0.276 e. The molecule has 2 amide bonds. The summed E-state index contributed by atoms with van der Waals surface area (Å²) in [5.41, 5.74) is 6.75. The number of nitrogens with one attached hydrogen (secondary N) is 3. The Bertz CT molecular complexity index is 1080. The van der Waals surface area contributed by atoms with Crippen LogP contribution in [0.2, 0.25) is 5.02 Å². The number of amides is 2. The predicted molar refractivity (Wildman–Crippen MR) is 120 cm³/mol. The molecule has 0 aliphatic rings. The van der Waals surface area contributed by atoms with Crippen molar-refractivity contribution in [3.63, 3.8) is 0 Å². The number of fused-ring (bicyclic) bond motifs is 1. The van der Waals surface area contributed by atoms with Crippen molar-refractivity contribution < 1.29 is 14.3 Å². The van der Waals surface area contributed by atoms with E-state index < -0.39 is 11.8 Å². The number of rotatable bonds is 4. The van der Waals surface area contributed by atoms with Gasteiger partial charge in [0.2, 0.25) is 0 Å². The second kappa shape index (κ2) is 9.21. The third kappa shape index (κ3) is 5.03. The van der Waals surface area contributed by atoms with Gasteiger partial charge in [0.25, 0.3) is 11.8 Å². The van der Waals surface area contributed by atoms with E-state index in [1.165, 1.54) is 11.3 Å². The molecule has 3 N–H and O–H groups in total. The summed E-state index contributed by atoms with van der Waals surface area (Å²) in [6.07, 6.45) is 0. The van der Waals surface area contributed by atoms with E-state index >= 15 is 0 Å². The van der Waals surface area contributed by atoms with Gasteiger partial charge in [0, 0.05) is 10.1 Å². The van der Waals surface area contributed by atoms with Gasteiger partial charge in [-0.3, -0.25) is 25.8 Å². The highest BCUT2D eigenvalue weighted by molar-refractivity contribution is 7.80. The monoisotopic (exact) mass is 447 g/mol. The standard InChI is InChI=1S/C20H18ClN3O3S2/c1-11-6-5-7-12(2)17(11)27-10-15(25)23-24-20(28)22-19(26)18-16(21)13-8-3-4-9-14(13)29-18/h3-9H,10H2,1-2H3,(H,23,25)(H2,22,24,26,28). The Morgan fingerprint density at radius 1 is 1.07 bits per heavy atom. The molecular weight excluding hydrogens is 430 g/mol. The molecule has 0 aliphatic carbocycles. The molecule has 6 nitrogen and oxygen atoms in total. The Balaban J connectivity index is 1.50. The Morgan fingerprint density at radius 2 is 1.76 bits per heavy atom. The number of halogens is 1. The molecule has 0 radical (unpaired) electrons. The molecule has 3 rings (SSSR count). The van der Waals surface area contributed by atoms with Crippen molar-refractivity contribution in [1.29, 1.82) is 0 Å². The van der Waals surface area contributed by atoms with Crippen LogP contribution in [-0.4, -0.2) is 23.5 Å². The van der Waals surface area contributed by atoms with Crippen LogP contribution in [0.1, 0.15) is 20.8 Å². The lowest BCUT2D eigenvalue weighted by atomic mass is 10.1. The summed E-state index contributed by atoms with van der Waals surface area (Å²) in [7, 11) is 0. The minimum atomic E-state index is -0.449. The Labute approximate surface area is 182 Å². The van der Waals surface area contributed by atoms with Crippen LogP contribution in [0.4, 0.5) is 0 Å². The average Bonchev–Trinajstić information content (AvgIpc) is 3.03. The van der Waals surface area contributed by atoms with Gasteiger partial charge in [0.1, 0.15) is 10.6 Å². The van der Waals surface area contributed by atoms with E-state index in [0.717, 1.165) is 21.2 Å². The van der Waals surface area contributed by atoms with Crippen LogP contribution in [-0.2, 0) is 4.79 Å². The van der Waals surface area contributed by atoms with Crippen LogP contribution in [0.5, 0.6) is 5.75 Å². The van der Waals surface area contributed by atoms with Gasteiger partial charge in [-0.2, -0.15) is 0 Å². The van der Waals surface area contributed by atoms with Gasteiger partial charge in [0.05, 0.1) is 5.02 Å². The van der Waals surface area contributed by atoms with E-state index in [1.807, 2.05) is 56.3 Å². The first-order valence-electron chi connectivity index (χ1n) is 8.63. The van der Waals surface area contributed by atoms with E-state index in [0.29, 0.717) is 15.6 Å². The maximum absolute atomic E-state index is 12.4. The number of hydrogen-bond donors (Lipinski definition) is 3. The highest BCUT2D eigenvalue weighted by atomic mass is 35.5. The van der Waals surface area contributed by atoms with Gasteiger partial charge in [-0.1, -0.05) is 48.0 Å². The molecule has 0 spiro atoms. The lowest BCUT2D eigenvalue weighted by Gasteiger charge is -2.13. The fraction of sp³-hybridized carbons (Fsp3) is 0.150. The van der Waals surface area contributed by atoms with Crippen molar-refractivity contribution >= 4 is 62.2 Å². The molecule has 0 fully saturated rings. The van der Waals surface area contributed by atoms with Crippen molar-refractivity contribution in [3.05, 3.63) is 63.5 Å². The number of ether oxygens (including phenoxy) is 1. The highest BCUT2D eigenvalue weighted by Gasteiger charge is 2.18. The van der Waals surface area contributed by atoms with E-state index in [9.17, 15) is 9.59 Å². The predicted octanol–water partition coefficient (Wildman–Crippen LogP) is 3.89. The van der Waals surface area contributed by atoms with Crippen LogP contribution >= 0.6 is 35.2 Å². The number of aryl methyl sites for hydroxylation is 2. The molecule has 0 bridgehead atoms. The smallest absolute Gasteiger partial charge is 0.276 e. The summed E-state index contributed by atoms with van der Waals surface area (Å²) < 4.78 is 6.46. The number of benzene rings is 2. The van der Waals surface area contributed by atoms with Gasteiger partial charge in [-0.15, -0.1) is 11.3 Å². The van der Waals surface area contributed by atoms with E-state index in [-0.39, 0.29) is 11.7 Å². The summed E-state index contributed by atoms with van der Waals surface area (Å²) in [5.74, 6) is -0.225. The van der Waals surface area contributed by atoms with Gasteiger partial charge in [-0.05, 0) is 43.3 Å². The summed E-state index contributed by atoms with van der Waals surface area (Å²) in [6, 6.07) is 13.2. The van der Waals surface area contributed by atoms with Crippen LogP contribution in [0, 0.1) is 13.8 Å². The molecule has 1 aromatic heterocycles. The molecule has 150 valence electrons. The van der Waals surface area contributed by atoms with Crippen molar-refractivity contribution in [2.75, 3.05) is 6.61 Å². The fourth-order valence-electron chi connectivity index (χ4n) is 2.68. The Hall–Kier alpha value is -2.68. The van der Waals surface area contributed by atoms with Crippen molar-refractivity contribution in [3.8, 4) is 5.75 Å². The number of thiophene rings is 1. The van der Waals surface area contributed by atoms with E-state index in [2.05, 4.69) is 16.2 Å². The Kier molecular flexibility index (Phi) is 6.68. The maximum atomic E-state index is 12.4. The van der Waals surface area contributed by atoms with Crippen molar-refractivity contribution in [2.45, 2.75) is 13.8 Å². The highest BCUT2D eigenvalue weighted by Crippen LogP contribution is 2.34. The van der Waals surface area contributed by atoms with Crippen LogP contribution in [0.25, 0.3) is 10.1 Å². The molecule has 9 heteroatoms. The first-order chi connectivity index (χ1) is 13.9. The second-order valence-corrected chi connectivity index (χ2v) is 8.05. The summed E-state index contributed by atoms with van der Waals surface area (Å²) in [4.78, 5) is 24.8. The quantitative estimate of drug-likeness (QED) is 0.417. The third-order valence-electron chi connectivity index (χ3n) is 4.04. The Morgan fingerprint density at radius 3 is 2.45 bits per heavy atom. The molecule has 3 aromatic rings. The molecule has 0 unspecified atom stereocenters. The molecule has 0 aliphatic heterocycles. The zero-order valence-electron chi connectivity index (χ0n) is 15.7. The average molecular weight is 448 g/mol. The first-order valence-corrected chi connectivity index (χ1v) is 10.2. The van der Waals surface area contributed by atoms with Gasteiger partial charge < -0.3 is 4.74 Å². The zero-order chi connectivity index (χ0) is 21.0. The van der Waals surface area contributed by atoms with E-state index in [4.69, 9.17) is 28.6 Å². The molecule has 0 saturated heterocycles. The van der Waals surface area contributed by atoms with Crippen molar-refractivity contribution in [1.82, 2.24) is 16.2 Å². The van der Waals surface area contributed by atoms with Crippen molar-refractivity contribution in [2.24, 2.45) is 0 Å². The largest absolute Gasteiger partial charge is 0.483 e. The number of thiocarbonyl (C=S) groups is 1. The van der Waals surface area contributed by atoms with Gasteiger partial charge >= 0.3 is 0 Å². The van der Waals surface area contributed by atoms with Gasteiger partial charge in [0.15, 0.2) is 11.7 Å². The third-order valence-corrected chi connectivity index (χ3v) is 5.92. The summed E-state index contributed by atoms with van der Waals surface area (Å²) in [5, 5.41) is 3.62. The van der Waals surface area contributed by atoms with E-state index in [1.54, 1.807) is 0 Å². The fourth-order valence-corrected chi connectivity index (χ4v) is 4.23. The molecule has 2 aromatic carbocycles. The number of hydrogen-bond acceptors (Lipinski definition) is 5. The minimum Gasteiger partial charge on any atom is -0.483 e. The zero-order valence-corrected chi connectivity index (χ0v) is 18.1. The lowest BCUT2D eigenvalue weighted by Crippen LogP contribution is -2.49. The minimum absolute atomic E-state index is 0.0519. The molecule has 0 atom stereocenters. The topological polar surface area (TPSA) is 79.5 Å². The second-order valence-electron chi connectivity index (χ2n) is 6.21. The first kappa shape index (κ1) is 21.0. The number of hydrazine groups is 1. The molecule has 0 saturated carbocycles. The number of para-hydroxylation sites is 1. The van der Waals surface area contributed by atoms with Gasteiger partial charge in [-0.25, -0.2) is 0 Å². The number of carbonyl (C=O) groups excluding carboxylic acids is 2. The summed E-state index contributed by atoms with van der Waals surface area (Å²) in [6.45, 7) is 3.61. The number of carbonyl (C=O) groups is 2. The molecule has 29 heavy (non-hydrogen) atoms. The SMILES string of the molecule is Cc1cccc(C)c1OCC(=O)NNC(=S)NC(=O)c1sc2ccccc2c1Cl. The summed E-state index contributed by atoms with van der Waals surface area (Å²) >= 11 is 12.6. The molecule has 1 heterocycles. The molecular formula is C20H18ClN3O3S2. The van der Waals surface area contributed by atoms with Crippen LogP contribution < -0.4 is 20.9 Å². The van der Waals surface area contributed by atoms with Crippen LogP contribution in [0.15, 0.2) is 42.5 Å².